The molecular weight excluding hydrogens is 280 g/mol. The van der Waals surface area contributed by atoms with Gasteiger partial charge in [-0.3, -0.25) is 9.69 Å². The molecule has 1 aromatic carbocycles. The molecule has 1 aliphatic carbocycles. The van der Waals surface area contributed by atoms with Crippen LogP contribution in [0.5, 0.6) is 0 Å². The molecule has 0 aliphatic heterocycles. The lowest BCUT2D eigenvalue weighted by atomic mass is 10.1. The Hall–Kier alpha value is -1.75. The molecule has 0 heterocycles. The summed E-state index contributed by atoms with van der Waals surface area (Å²) in [5, 5.41) is 12.2. The number of nitrogens with zero attached hydrogens (tertiary/aromatic N) is 1. The van der Waals surface area contributed by atoms with E-state index in [0.29, 0.717) is 17.3 Å². The first-order valence-corrected chi connectivity index (χ1v) is 6.80. The molecule has 20 heavy (non-hydrogen) atoms. The number of benzene rings is 1. The van der Waals surface area contributed by atoms with Crippen molar-refractivity contribution in [1.29, 1.82) is 0 Å². The van der Waals surface area contributed by atoms with E-state index in [1.807, 2.05) is 0 Å². The zero-order valence-electron chi connectivity index (χ0n) is 11.2. The molecule has 1 aromatic rings. The van der Waals surface area contributed by atoms with Crippen molar-refractivity contribution in [3.05, 3.63) is 29.3 Å². The topological polar surface area (TPSA) is 69.6 Å². The number of carboxylic acid groups (broad SMARTS) is 1. The Morgan fingerprint density at radius 3 is 2.70 bits per heavy atom. The number of nitrogens with one attached hydrogen (secondary N) is 1. The van der Waals surface area contributed by atoms with Crippen LogP contribution in [-0.4, -0.2) is 30.2 Å². The van der Waals surface area contributed by atoms with Crippen LogP contribution in [0, 0.1) is 5.41 Å². The van der Waals surface area contributed by atoms with E-state index in [0.717, 1.165) is 12.8 Å². The van der Waals surface area contributed by atoms with Crippen LogP contribution in [0.4, 0.5) is 10.5 Å². The predicted molar refractivity (Wildman–Crippen MR) is 77.2 cm³/mol. The minimum absolute atomic E-state index is 0.166. The number of amides is 2. The van der Waals surface area contributed by atoms with Gasteiger partial charge >= 0.3 is 12.0 Å². The van der Waals surface area contributed by atoms with Crippen LogP contribution in [0.25, 0.3) is 0 Å². The van der Waals surface area contributed by atoms with Gasteiger partial charge in [0.1, 0.15) is 6.54 Å². The smallest absolute Gasteiger partial charge is 0.323 e. The largest absolute Gasteiger partial charge is 0.480 e. The highest BCUT2D eigenvalue weighted by molar-refractivity contribution is 6.30. The van der Waals surface area contributed by atoms with Crippen LogP contribution in [-0.2, 0) is 4.79 Å². The first-order chi connectivity index (χ1) is 9.39. The molecule has 0 unspecified atom stereocenters. The lowest BCUT2D eigenvalue weighted by Crippen LogP contribution is -2.44. The normalized spacial score (nSPS) is 15.5. The second-order valence-corrected chi connectivity index (χ2v) is 5.87. The molecule has 1 fully saturated rings. The molecule has 1 saturated carbocycles. The van der Waals surface area contributed by atoms with Crippen molar-refractivity contribution >= 4 is 29.3 Å². The molecule has 0 spiro atoms. The van der Waals surface area contributed by atoms with Gasteiger partial charge in [0.15, 0.2) is 0 Å². The fraction of sp³-hybridized carbons (Fsp3) is 0.429. The number of carbonyl (C=O) groups is 2. The van der Waals surface area contributed by atoms with Crippen molar-refractivity contribution in [3.63, 3.8) is 0 Å². The summed E-state index contributed by atoms with van der Waals surface area (Å²) in [7, 11) is 0. The van der Waals surface area contributed by atoms with Gasteiger partial charge in [-0.2, -0.15) is 0 Å². The Balaban J connectivity index is 2.09. The Bertz CT molecular complexity index is 529. The molecule has 1 aliphatic rings. The molecule has 2 N–H and O–H groups in total. The highest BCUT2D eigenvalue weighted by atomic mass is 35.5. The second kappa shape index (κ2) is 5.71. The van der Waals surface area contributed by atoms with Crippen LogP contribution in [0.1, 0.15) is 19.8 Å². The van der Waals surface area contributed by atoms with E-state index in [9.17, 15) is 9.59 Å². The standard InChI is InChI=1S/C14H17ClN2O3/c1-14(5-6-14)9-16-13(20)17(8-12(18)19)11-4-2-3-10(15)7-11/h2-4,7H,5-6,8-9H2,1H3,(H,16,20)(H,18,19). The third-order valence-corrected chi connectivity index (χ3v) is 3.66. The van der Waals surface area contributed by atoms with Gasteiger partial charge in [-0.05, 0) is 36.5 Å². The SMILES string of the molecule is CC1(CNC(=O)N(CC(=O)O)c2cccc(Cl)c2)CC1. The highest BCUT2D eigenvalue weighted by Gasteiger charge is 2.37. The van der Waals surface area contributed by atoms with Crippen LogP contribution >= 0.6 is 11.6 Å². The number of rotatable bonds is 5. The quantitative estimate of drug-likeness (QED) is 0.878. The van der Waals surface area contributed by atoms with Crippen LogP contribution in [0.15, 0.2) is 24.3 Å². The van der Waals surface area contributed by atoms with E-state index in [2.05, 4.69) is 12.2 Å². The van der Waals surface area contributed by atoms with Crippen molar-refractivity contribution in [3.8, 4) is 0 Å². The van der Waals surface area contributed by atoms with Gasteiger partial charge in [0.05, 0.1) is 0 Å². The summed E-state index contributed by atoms with van der Waals surface area (Å²) in [4.78, 5) is 24.3. The molecule has 6 heteroatoms. The molecule has 2 rings (SSSR count). The fourth-order valence-corrected chi connectivity index (χ4v) is 2.02. The number of urea groups is 1. The van der Waals surface area contributed by atoms with Gasteiger partial charge in [0.2, 0.25) is 0 Å². The van der Waals surface area contributed by atoms with Gasteiger partial charge in [-0.1, -0.05) is 24.6 Å². The highest BCUT2D eigenvalue weighted by Crippen LogP contribution is 2.44. The number of carbonyl (C=O) groups excluding carboxylic acids is 1. The van der Waals surface area contributed by atoms with E-state index in [1.165, 1.54) is 4.90 Å². The number of hydrogen-bond acceptors (Lipinski definition) is 2. The maximum absolute atomic E-state index is 12.2. The monoisotopic (exact) mass is 296 g/mol. The predicted octanol–water partition coefficient (Wildman–Crippen LogP) is 2.74. The molecule has 2 amide bonds. The second-order valence-electron chi connectivity index (χ2n) is 5.43. The Morgan fingerprint density at radius 1 is 1.45 bits per heavy atom. The van der Waals surface area contributed by atoms with E-state index in [1.54, 1.807) is 24.3 Å². The van der Waals surface area contributed by atoms with E-state index >= 15 is 0 Å². The van der Waals surface area contributed by atoms with Crippen LogP contribution < -0.4 is 10.2 Å². The fourth-order valence-electron chi connectivity index (χ4n) is 1.83. The van der Waals surface area contributed by atoms with E-state index < -0.39 is 18.5 Å². The first kappa shape index (κ1) is 14.7. The molecular formula is C14H17ClN2O3. The minimum Gasteiger partial charge on any atom is -0.480 e. The summed E-state index contributed by atoms with van der Waals surface area (Å²) in [5.74, 6) is -1.07. The van der Waals surface area contributed by atoms with Gasteiger partial charge in [0.25, 0.3) is 0 Å². The lowest BCUT2D eigenvalue weighted by Gasteiger charge is -2.22. The Morgan fingerprint density at radius 2 is 2.15 bits per heavy atom. The van der Waals surface area contributed by atoms with Crippen molar-refractivity contribution in [2.75, 3.05) is 18.0 Å². The van der Waals surface area contributed by atoms with E-state index in [-0.39, 0.29) is 5.41 Å². The zero-order valence-corrected chi connectivity index (χ0v) is 12.0. The summed E-state index contributed by atoms with van der Waals surface area (Å²) >= 11 is 5.88. The van der Waals surface area contributed by atoms with Gasteiger partial charge < -0.3 is 10.4 Å². The molecule has 0 radical (unpaired) electrons. The van der Waals surface area contributed by atoms with Crippen molar-refractivity contribution < 1.29 is 14.7 Å². The van der Waals surface area contributed by atoms with Gasteiger partial charge in [0, 0.05) is 17.3 Å². The summed E-state index contributed by atoms with van der Waals surface area (Å²) in [6, 6.07) is 6.17. The summed E-state index contributed by atoms with van der Waals surface area (Å²) in [6.45, 7) is 2.25. The third-order valence-electron chi connectivity index (χ3n) is 3.43. The zero-order chi connectivity index (χ0) is 14.8. The molecule has 0 aromatic heterocycles. The number of aliphatic carboxylic acids is 1. The van der Waals surface area contributed by atoms with Crippen molar-refractivity contribution in [2.45, 2.75) is 19.8 Å². The first-order valence-electron chi connectivity index (χ1n) is 6.42. The number of anilines is 1. The maximum atomic E-state index is 12.2. The maximum Gasteiger partial charge on any atom is 0.323 e. The molecule has 0 atom stereocenters. The van der Waals surface area contributed by atoms with E-state index in [4.69, 9.17) is 16.7 Å². The summed E-state index contributed by atoms with van der Waals surface area (Å²) < 4.78 is 0. The van der Waals surface area contributed by atoms with Gasteiger partial charge in [-0.15, -0.1) is 0 Å². The Labute approximate surface area is 122 Å². The molecule has 108 valence electrons. The molecule has 0 saturated heterocycles. The third kappa shape index (κ3) is 3.87. The summed E-state index contributed by atoms with van der Waals surface area (Å²) in [5.41, 5.74) is 0.636. The Kier molecular flexibility index (Phi) is 4.18. The minimum atomic E-state index is -1.07. The van der Waals surface area contributed by atoms with Crippen molar-refractivity contribution in [2.24, 2.45) is 5.41 Å². The van der Waals surface area contributed by atoms with Crippen LogP contribution in [0.2, 0.25) is 5.02 Å². The average molecular weight is 297 g/mol. The molecule has 0 bridgehead atoms. The van der Waals surface area contributed by atoms with Crippen LogP contribution in [0.3, 0.4) is 0 Å². The average Bonchev–Trinajstić information content (AvgIpc) is 3.11. The number of halogens is 1. The van der Waals surface area contributed by atoms with Crippen molar-refractivity contribution in [1.82, 2.24) is 5.32 Å². The van der Waals surface area contributed by atoms with Gasteiger partial charge in [-0.25, -0.2) is 4.79 Å². The number of carboxylic acids is 1. The lowest BCUT2D eigenvalue weighted by molar-refractivity contribution is -0.135. The number of hydrogen-bond donors (Lipinski definition) is 2. The molecule has 5 nitrogen and oxygen atoms in total. The summed E-state index contributed by atoms with van der Waals surface area (Å²) in [6.07, 6.45) is 2.17.